The molecule has 0 unspecified atom stereocenters. The molecule has 0 saturated heterocycles. The lowest BCUT2D eigenvalue weighted by molar-refractivity contribution is 0.414. The number of nitrogens with two attached hydrogens (primary N) is 2. The van der Waals surface area contributed by atoms with Crippen molar-refractivity contribution in [2.24, 2.45) is 21.5 Å². The van der Waals surface area contributed by atoms with E-state index in [1.807, 2.05) is 19.9 Å². The molecule has 0 saturated carbocycles. The number of methoxy groups -OCH3 is 1. The highest BCUT2D eigenvalue weighted by molar-refractivity contribution is 6.31. The van der Waals surface area contributed by atoms with Crippen LogP contribution in [0, 0.1) is 0 Å². The first kappa shape index (κ1) is 13.5. The van der Waals surface area contributed by atoms with Crippen LogP contribution in [0.15, 0.2) is 28.2 Å². The predicted molar refractivity (Wildman–Crippen MR) is 77.8 cm³/mol. The molecular weight excluding hydrogens is 266 g/mol. The normalized spacial score (nSPS) is 17.8. The van der Waals surface area contributed by atoms with Crippen molar-refractivity contribution in [3.63, 3.8) is 0 Å². The monoisotopic (exact) mass is 281 g/mol. The highest BCUT2D eigenvalue weighted by atomic mass is 35.5. The number of guanidine groups is 2. The number of anilines is 1. The fourth-order valence-electron chi connectivity index (χ4n) is 2.05. The fourth-order valence-corrected chi connectivity index (χ4v) is 2.27. The Morgan fingerprint density at radius 1 is 1.26 bits per heavy atom. The van der Waals surface area contributed by atoms with Gasteiger partial charge in [0.15, 0.2) is 0 Å². The summed E-state index contributed by atoms with van der Waals surface area (Å²) in [5.41, 5.74) is 11.7. The standard InChI is InChI=1S/C12H16ClN5O/c1-12(2)17-10(14)16-11(15)18(12)8-4-7(13)5-9(6-8)19-3/h4-6H,1-3H3,(H4,14,15,16,17). The van der Waals surface area contributed by atoms with Crippen LogP contribution in [-0.4, -0.2) is 24.7 Å². The quantitative estimate of drug-likeness (QED) is 0.860. The second-order valence-corrected chi connectivity index (χ2v) is 5.06. The maximum absolute atomic E-state index is 6.07. The van der Waals surface area contributed by atoms with E-state index in [2.05, 4.69) is 9.98 Å². The minimum absolute atomic E-state index is 0.160. The van der Waals surface area contributed by atoms with Crippen LogP contribution in [0.3, 0.4) is 0 Å². The van der Waals surface area contributed by atoms with Gasteiger partial charge in [-0.25, -0.2) is 4.99 Å². The third-order valence-electron chi connectivity index (χ3n) is 2.74. The Balaban J connectivity index is 2.52. The van der Waals surface area contributed by atoms with E-state index in [1.165, 1.54) is 0 Å². The third kappa shape index (κ3) is 2.58. The molecule has 4 N–H and O–H groups in total. The van der Waals surface area contributed by atoms with Gasteiger partial charge in [-0.05, 0) is 26.0 Å². The fraction of sp³-hybridized carbons (Fsp3) is 0.333. The first-order chi connectivity index (χ1) is 8.83. The van der Waals surface area contributed by atoms with Gasteiger partial charge in [-0.15, -0.1) is 0 Å². The van der Waals surface area contributed by atoms with Gasteiger partial charge in [0.2, 0.25) is 11.9 Å². The van der Waals surface area contributed by atoms with Gasteiger partial charge in [0.1, 0.15) is 11.4 Å². The average molecular weight is 282 g/mol. The molecule has 7 heteroatoms. The van der Waals surface area contributed by atoms with Gasteiger partial charge in [0, 0.05) is 11.1 Å². The smallest absolute Gasteiger partial charge is 0.220 e. The zero-order valence-corrected chi connectivity index (χ0v) is 11.8. The molecule has 1 aromatic carbocycles. The van der Waals surface area contributed by atoms with Gasteiger partial charge in [-0.1, -0.05) is 11.6 Å². The van der Waals surface area contributed by atoms with Crippen molar-refractivity contribution in [1.29, 1.82) is 0 Å². The summed E-state index contributed by atoms with van der Waals surface area (Å²) in [6, 6.07) is 5.30. The van der Waals surface area contributed by atoms with Gasteiger partial charge >= 0.3 is 0 Å². The number of ether oxygens (including phenoxy) is 1. The molecular formula is C12H16ClN5O. The van der Waals surface area contributed by atoms with Crippen LogP contribution < -0.4 is 21.1 Å². The third-order valence-corrected chi connectivity index (χ3v) is 2.96. The lowest BCUT2D eigenvalue weighted by Gasteiger charge is -2.38. The van der Waals surface area contributed by atoms with Crippen molar-refractivity contribution < 1.29 is 4.74 Å². The van der Waals surface area contributed by atoms with Crippen molar-refractivity contribution in [1.82, 2.24) is 0 Å². The molecule has 6 nitrogen and oxygen atoms in total. The summed E-state index contributed by atoms with van der Waals surface area (Å²) in [4.78, 5) is 10.0. The van der Waals surface area contributed by atoms with E-state index in [9.17, 15) is 0 Å². The van der Waals surface area contributed by atoms with Crippen molar-refractivity contribution >= 4 is 29.2 Å². The van der Waals surface area contributed by atoms with Crippen LogP contribution in [0.25, 0.3) is 0 Å². The molecule has 0 bridgehead atoms. The SMILES string of the molecule is COc1cc(Cl)cc(N2C(N)=NC(N)=NC2(C)C)c1. The molecule has 0 radical (unpaired) electrons. The molecule has 1 aromatic rings. The van der Waals surface area contributed by atoms with Gasteiger partial charge in [-0.2, -0.15) is 4.99 Å². The zero-order chi connectivity index (χ0) is 14.2. The molecule has 1 aliphatic heterocycles. The van der Waals surface area contributed by atoms with E-state index in [4.69, 9.17) is 27.8 Å². The summed E-state index contributed by atoms with van der Waals surface area (Å²) in [5, 5.41) is 0.542. The topological polar surface area (TPSA) is 89.2 Å². The molecule has 0 aromatic heterocycles. The Kier molecular flexibility index (Phi) is 3.28. The molecule has 102 valence electrons. The summed E-state index contributed by atoms with van der Waals surface area (Å²) in [6.45, 7) is 3.77. The Morgan fingerprint density at radius 2 is 1.95 bits per heavy atom. The number of nitrogens with zero attached hydrogens (tertiary/aromatic N) is 3. The van der Waals surface area contributed by atoms with Crippen molar-refractivity contribution in [2.75, 3.05) is 12.0 Å². The number of aliphatic imine (C=N–C) groups is 2. The molecule has 0 aliphatic carbocycles. The zero-order valence-electron chi connectivity index (χ0n) is 11.0. The number of halogens is 1. The van der Waals surface area contributed by atoms with Crippen LogP contribution in [-0.2, 0) is 0 Å². The molecule has 0 spiro atoms. The lowest BCUT2D eigenvalue weighted by atomic mass is 10.1. The average Bonchev–Trinajstić information content (AvgIpc) is 2.25. The van der Waals surface area contributed by atoms with Gasteiger partial charge in [-0.3, -0.25) is 4.90 Å². The second kappa shape index (κ2) is 4.62. The maximum atomic E-state index is 6.07. The summed E-state index contributed by atoms with van der Waals surface area (Å²) in [5.74, 6) is 1.06. The molecule has 0 fully saturated rings. The Labute approximate surface area is 116 Å². The number of benzene rings is 1. The van der Waals surface area contributed by atoms with Crippen molar-refractivity contribution in [2.45, 2.75) is 19.5 Å². The minimum atomic E-state index is -0.647. The van der Waals surface area contributed by atoms with E-state index in [-0.39, 0.29) is 11.9 Å². The van der Waals surface area contributed by atoms with Crippen LogP contribution in [0.1, 0.15) is 13.8 Å². The van der Waals surface area contributed by atoms with Crippen LogP contribution >= 0.6 is 11.6 Å². The van der Waals surface area contributed by atoms with Gasteiger partial charge in [0.05, 0.1) is 12.8 Å². The predicted octanol–water partition coefficient (Wildman–Crippen LogP) is 1.53. The first-order valence-corrected chi connectivity index (χ1v) is 6.05. The Morgan fingerprint density at radius 3 is 2.53 bits per heavy atom. The van der Waals surface area contributed by atoms with Crippen molar-refractivity contribution in [3.8, 4) is 5.75 Å². The van der Waals surface area contributed by atoms with E-state index in [1.54, 1.807) is 24.1 Å². The van der Waals surface area contributed by atoms with Crippen LogP contribution in [0.5, 0.6) is 5.75 Å². The lowest BCUT2D eigenvalue weighted by Crippen LogP contribution is -2.54. The Bertz CT molecular complexity index is 567. The van der Waals surface area contributed by atoms with Crippen LogP contribution in [0.4, 0.5) is 5.69 Å². The number of hydrogen-bond donors (Lipinski definition) is 2. The van der Waals surface area contributed by atoms with Crippen LogP contribution in [0.2, 0.25) is 5.02 Å². The first-order valence-electron chi connectivity index (χ1n) is 5.68. The van der Waals surface area contributed by atoms with Gasteiger partial charge < -0.3 is 16.2 Å². The van der Waals surface area contributed by atoms with E-state index < -0.39 is 5.66 Å². The highest BCUT2D eigenvalue weighted by Crippen LogP contribution is 2.32. The number of rotatable bonds is 2. The largest absolute Gasteiger partial charge is 0.497 e. The minimum Gasteiger partial charge on any atom is -0.497 e. The van der Waals surface area contributed by atoms with E-state index in [0.29, 0.717) is 10.8 Å². The van der Waals surface area contributed by atoms with Crippen molar-refractivity contribution in [3.05, 3.63) is 23.2 Å². The molecule has 1 heterocycles. The Hall–Kier alpha value is -1.95. The van der Waals surface area contributed by atoms with E-state index >= 15 is 0 Å². The maximum Gasteiger partial charge on any atom is 0.220 e. The van der Waals surface area contributed by atoms with E-state index in [0.717, 1.165) is 5.69 Å². The summed E-state index contributed by atoms with van der Waals surface area (Å²) in [6.07, 6.45) is 0. The molecule has 19 heavy (non-hydrogen) atoms. The summed E-state index contributed by atoms with van der Waals surface area (Å²) < 4.78 is 5.20. The summed E-state index contributed by atoms with van der Waals surface area (Å²) in [7, 11) is 1.57. The molecule has 0 atom stereocenters. The molecule has 0 amide bonds. The summed E-state index contributed by atoms with van der Waals surface area (Å²) >= 11 is 6.07. The highest BCUT2D eigenvalue weighted by Gasteiger charge is 2.33. The molecule has 2 rings (SSSR count). The number of hydrogen-bond acceptors (Lipinski definition) is 6. The molecule has 1 aliphatic rings. The van der Waals surface area contributed by atoms with Gasteiger partial charge in [0.25, 0.3) is 0 Å². The second-order valence-electron chi connectivity index (χ2n) is 4.62.